The molecule has 0 aromatic carbocycles. The molecule has 25 heavy (non-hydrogen) atoms. The predicted molar refractivity (Wildman–Crippen MR) is 101 cm³/mol. The fourth-order valence-electron chi connectivity index (χ4n) is 3.92. The van der Waals surface area contributed by atoms with Gasteiger partial charge >= 0.3 is 0 Å². The van der Waals surface area contributed by atoms with Gasteiger partial charge in [-0.2, -0.15) is 4.98 Å². The maximum absolute atomic E-state index is 12.4. The van der Waals surface area contributed by atoms with Crippen molar-refractivity contribution in [3.05, 3.63) is 12.3 Å². The quantitative estimate of drug-likeness (QED) is 0.858. The molecule has 2 N–H and O–H groups in total. The van der Waals surface area contributed by atoms with Crippen molar-refractivity contribution in [3.8, 4) is 0 Å². The Morgan fingerprint density at radius 1 is 1.04 bits per heavy atom. The molecule has 2 aliphatic rings. The van der Waals surface area contributed by atoms with Gasteiger partial charge in [-0.1, -0.05) is 19.3 Å². The Morgan fingerprint density at radius 2 is 1.72 bits per heavy atom. The van der Waals surface area contributed by atoms with Crippen molar-refractivity contribution in [3.63, 3.8) is 0 Å². The van der Waals surface area contributed by atoms with E-state index in [1.165, 1.54) is 19.3 Å². The monoisotopic (exact) mass is 345 g/mol. The number of hydrogen-bond donors (Lipinski definition) is 2. The fourth-order valence-corrected chi connectivity index (χ4v) is 3.92. The van der Waals surface area contributed by atoms with Crippen LogP contribution in [0.25, 0.3) is 0 Å². The summed E-state index contributed by atoms with van der Waals surface area (Å²) >= 11 is 0. The zero-order valence-corrected chi connectivity index (χ0v) is 15.5. The molecule has 0 bridgehead atoms. The van der Waals surface area contributed by atoms with Crippen molar-refractivity contribution < 1.29 is 4.79 Å². The van der Waals surface area contributed by atoms with Crippen LogP contribution >= 0.6 is 0 Å². The summed E-state index contributed by atoms with van der Waals surface area (Å²) in [7, 11) is 3.96. The lowest BCUT2D eigenvalue weighted by molar-refractivity contribution is -0.126. The second-order valence-corrected chi connectivity index (χ2v) is 7.67. The molecular formula is C19H31N5O. The van der Waals surface area contributed by atoms with Gasteiger partial charge in [0.25, 0.3) is 0 Å². The third-order valence-corrected chi connectivity index (χ3v) is 5.48. The van der Waals surface area contributed by atoms with Crippen LogP contribution < -0.4 is 15.5 Å². The molecule has 6 heteroatoms. The zero-order valence-electron chi connectivity index (χ0n) is 15.5. The van der Waals surface area contributed by atoms with E-state index in [9.17, 15) is 4.79 Å². The van der Waals surface area contributed by atoms with Gasteiger partial charge in [-0.3, -0.25) is 4.79 Å². The lowest BCUT2D eigenvalue weighted by Crippen LogP contribution is -2.43. The van der Waals surface area contributed by atoms with Gasteiger partial charge in [-0.15, -0.1) is 0 Å². The lowest BCUT2D eigenvalue weighted by atomic mass is 9.87. The number of nitrogens with one attached hydrogen (secondary N) is 2. The molecule has 0 unspecified atom stereocenters. The first-order valence-electron chi connectivity index (χ1n) is 9.69. The normalized spacial score (nSPS) is 24.6. The van der Waals surface area contributed by atoms with E-state index in [0.717, 1.165) is 44.3 Å². The molecule has 1 aromatic rings. The van der Waals surface area contributed by atoms with Crippen LogP contribution in [0.15, 0.2) is 12.3 Å². The first-order valence-corrected chi connectivity index (χ1v) is 9.69. The average molecular weight is 345 g/mol. The summed E-state index contributed by atoms with van der Waals surface area (Å²) in [6.45, 7) is 0. The molecule has 2 saturated carbocycles. The SMILES string of the molecule is CN(C)c1ccnc(NC2CCC(NC(=O)C3CCCCC3)CC2)n1. The number of amides is 1. The van der Waals surface area contributed by atoms with Crippen LogP contribution in [-0.4, -0.2) is 42.1 Å². The minimum absolute atomic E-state index is 0.256. The van der Waals surface area contributed by atoms with Crippen molar-refractivity contribution in [2.45, 2.75) is 69.9 Å². The number of anilines is 2. The molecule has 1 amide bonds. The molecule has 0 radical (unpaired) electrons. The molecule has 2 aliphatic carbocycles. The molecule has 0 saturated heterocycles. The van der Waals surface area contributed by atoms with Gasteiger partial charge in [0, 0.05) is 38.3 Å². The maximum atomic E-state index is 12.4. The van der Waals surface area contributed by atoms with Gasteiger partial charge in [-0.05, 0) is 44.6 Å². The van der Waals surface area contributed by atoms with Crippen molar-refractivity contribution >= 4 is 17.7 Å². The van der Waals surface area contributed by atoms with Crippen molar-refractivity contribution in [1.82, 2.24) is 15.3 Å². The van der Waals surface area contributed by atoms with Crippen LogP contribution in [0.5, 0.6) is 0 Å². The van der Waals surface area contributed by atoms with Crippen LogP contribution in [0.4, 0.5) is 11.8 Å². The Labute approximate surface area is 150 Å². The third kappa shape index (κ3) is 5.06. The smallest absolute Gasteiger partial charge is 0.224 e. The van der Waals surface area contributed by atoms with Crippen LogP contribution in [0.1, 0.15) is 57.8 Å². The number of nitrogens with zero attached hydrogens (tertiary/aromatic N) is 3. The minimum Gasteiger partial charge on any atom is -0.363 e. The summed E-state index contributed by atoms with van der Waals surface area (Å²) in [6, 6.07) is 2.63. The number of carbonyl (C=O) groups is 1. The summed E-state index contributed by atoms with van der Waals surface area (Å²) in [4.78, 5) is 23.2. The van der Waals surface area contributed by atoms with Gasteiger partial charge in [0.15, 0.2) is 0 Å². The molecule has 2 fully saturated rings. The summed E-state index contributed by atoms with van der Waals surface area (Å²) < 4.78 is 0. The van der Waals surface area contributed by atoms with Gasteiger partial charge < -0.3 is 15.5 Å². The first-order chi connectivity index (χ1) is 12.1. The van der Waals surface area contributed by atoms with Gasteiger partial charge in [0.2, 0.25) is 11.9 Å². The molecule has 0 aliphatic heterocycles. The van der Waals surface area contributed by atoms with Crippen LogP contribution in [-0.2, 0) is 4.79 Å². The molecule has 1 aromatic heterocycles. The Balaban J connectivity index is 1.44. The topological polar surface area (TPSA) is 70.2 Å². The highest BCUT2D eigenvalue weighted by Crippen LogP contribution is 2.26. The molecule has 138 valence electrons. The third-order valence-electron chi connectivity index (χ3n) is 5.48. The number of hydrogen-bond acceptors (Lipinski definition) is 5. The number of aromatic nitrogens is 2. The van der Waals surface area contributed by atoms with E-state index in [4.69, 9.17) is 0 Å². The van der Waals surface area contributed by atoms with Crippen LogP contribution in [0.2, 0.25) is 0 Å². The fraction of sp³-hybridized carbons (Fsp3) is 0.737. The minimum atomic E-state index is 0.256. The maximum Gasteiger partial charge on any atom is 0.224 e. The van der Waals surface area contributed by atoms with Crippen molar-refractivity contribution in [2.75, 3.05) is 24.3 Å². The van der Waals surface area contributed by atoms with Crippen LogP contribution in [0.3, 0.4) is 0 Å². The van der Waals surface area contributed by atoms with E-state index in [0.29, 0.717) is 18.0 Å². The Morgan fingerprint density at radius 3 is 2.40 bits per heavy atom. The molecule has 0 atom stereocenters. The molecule has 1 heterocycles. The standard InChI is InChI=1S/C19H31N5O/c1-24(2)17-12-13-20-19(23-17)22-16-10-8-15(9-11-16)21-18(25)14-6-4-3-5-7-14/h12-16H,3-11H2,1-2H3,(H,21,25)(H,20,22,23). The zero-order chi connectivity index (χ0) is 17.6. The second kappa shape index (κ2) is 8.50. The Bertz CT molecular complexity index is 563. The summed E-state index contributed by atoms with van der Waals surface area (Å²) in [5.41, 5.74) is 0. The van der Waals surface area contributed by atoms with E-state index < -0.39 is 0 Å². The Hall–Kier alpha value is -1.85. The summed E-state index contributed by atoms with van der Waals surface area (Å²) in [5, 5.41) is 6.74. The van der Waals surface area contributed by atoms with E-state index in [1.807, 2.05) is 25.1 Å². The predicted octanol–water partition coefficient (Wildman–Crippen LogP) is 2.96. The highest BCUT2D eigenvalue weighted by atomic mass is 16.1. The van der Waals surface area contributed by atoms with Crippen LogP contribution in [0, 0.1) is 5.92 Å². The number of rotatable bonds is 5. The van der Waals surface area contributed by atoms with Crippen molar-refractivity contribution in [2.24, 2.45) is 5.92 Å². The summed E-state index contributed by atoms with van der Waals surface area (Å²) in [5.74, 6) is 2.15. The van der Waals surface area contributed by atoms with Crippen molar-refractivity contribution in [1.29, 1.82) is 0 Å². The highest BCUT2D eigenvalue weighted by Gasteiger charge is 2.26. The first kappa shape index (κ1) is 18.0. The number of carbonyl (C=O) groups excluding carboxylic acids is 1. The van der Waals surface area contributed by atoms with E-state index in [2.05, 4.69) is 20.6 Å². The van der Waals surface area contributed by atoms with Gasteiger partial charge in [-0.25, -0.2) is 4.98 Å². The van der Waals surface area contributed by atoms with E-state index >= 15 is 0 Å². The molecular weight excluding hydrogens is 314 g/mol. The average Bonchev–Trinajstić information content (AvgIpc) is 2.64. The second-order valence-electron chi connectivity index (χ2n) is 7.67. The Kier molecular flexibility index (Phi) is 6.10. The molecule has 0 spiro atoms. The summed E-state index contributed by atoms with van der Waals surface area (Å²) in [6.07, 6.45) is 11.8. The highest BCUT2D eigenvalue weighted by molar-refractivity contribution is 5.79. The lowest BCUT2D eigenvalue weighted by Gasteiger charge is -2.31. The van der Waals surface area contributed by atoms with Gasteiger partial charge in [0.1, 0.15) is 5.82 Å². The molecule has 6 nitrogen and oxygen atoms in total. The molecule has 3 rings (SSSR count). The largest absolute Gasteiger partial charge is 0.363 e. The van der Waals surface area contributed by atoms with Gasteiger partial charge in [0.05, 0.1) is 0 Å². The van der Waals surface area contributed by atoms with E-state index in [1.54, 1.807) is 6.20 Å². The van der Waals surface area contributed by atoms with E-state index in [-0.39, 0.29) is 11.8 Å².